The van der Waals surface area contributed by atoms with Crippen molar-refractivity contribution in [3.63, 3.8) is 0 Å². The maximum atomic E-state index is 13.7. The van der Waals surface area contributed by atoms with Crippen LogP contribution < -0.4 is 19.1 Å². The van der Waals surface area contributed by atoms with Gasteiger partial charge in [-0.15, -0.1) is 11.8 Å². The SMILES string of the molecule is COc1ccc(S(=O)(=O)N(CC(=O)Nc2ccc(CSc3ccccc3)cc2)c2ccccc2)cc1OC. The molecule has 0 aliphatic rings. The Morgan fingerprint density at radius 3 is 2.08 bits per heavy atom. The Bertz CT molecular complexity index is 1460. The number of hydrogen-bond donors (Lipinski definition) is 1. The van der Waals surface area contributed by atoms with Crippen molar-refractivity contribution in [3.05, 3.63) is 109 Å². The van der Waals surface area contributed by atoms with Crippen molar-refractivity contribution >= 4 is 39.1 Å². The molecule has 4 aromatic carbocycles. The van der Waals surface area contributed by atoms with E-state index in [2.05, 4.69) is 17.4 Å². The largest absolute Gasteiger partial charge is 0.493 e. The van der Waals surface area contributed by atoms with E-state index in [1.165, 1.54) is 37.3 Å². The van der Waals surface area contributed by atoms with Gasteiger partial charge in [-0.2, -0.15) is 0 Å². The van der Waals surface area contributed by atoms with E-state index in [1.807, 2.05) is 42.5 Å². The molecular formula is C29H28N2O5S2. The Morgan fingerprint density at radius 2 is 1.45 bits per heavy atom. The van der Waals surface area contributed by atoms with Crippen molar-refractivity contribution in [2.45, 2.75) is 15.5 Å². The summed E-state index contributed by atoms with van der Waals surface area (Å²) in [5.74, 6) is 1.01. The quantitative estimate of drug-likeness (QED) is 0.238. The molecule has 196 valence electrons. The van der Waals surface area contributed by atoms with Gasteiger partial charge in [-0.1, -0.05) is 48.5 Å². The van der Waals surface area contributed by atoms with Crippen LogP contribution in [-0.4, -0.2) is 35.1 Å². The molecular weight excluding hydrogens is 520 g/mol. The number of carbonyl (C=O) groups excluding carboxylic acids is 1. The molecule has 0 aliphatic heterocycles. The van der Waals surface area contributed by atoms with Crippen molar-refractivity contribution in [2.24, 2.45) is 0 Å². The first kappa shape index (κ1) is 27.1. The van der Waals surface area contributed by atoms with Crippen molar-refractivity contribution in [2.75, 3.05) is 30.4 Å². The number of sulfonamides is 1. The van der Waals surface area contributed by atoms with Gasteiger partial charge in [0.15, 0.2) is 11.5 Å². The summed E-state index contributed by atoms with van der Waals surface area (Å²) in [5.41, 5.74) is 2.06. The second-order valence-corrected chi connectivity index (χ2v) is 11.1. The van der Waals surface area contributed by atoms with Crippen LogP contribution in [0, 0.1) is 0 Å². The molecule has 0 fully saturated rings. The predicted molar refractivity (Wildman–Crippen MR) is 152 cm³/mol. The summed E-state index contributed by atoms with van der Waals surface area (Å²) < 4.78 is 38.9. The molecule has 38 heavy (non-hydrogen) atoms. The van der Waals surface area contributed by atoms with Crippen LogP contribution in [0.15, 0.2) is 113 Å². The van der Waals surface area contributed by atoms with Crippen LogP contribution >= 0.6 is 11.8 Å². The second-order valence-electron chi connectivity index (χ2n) is 8.21. The third-order valence-corrected chi connectivity index (χ3v) is 8.51. The zero-order valence-corrected chi connectivity index (χ0v) is 22.7. The fourth-order valence-corrected chi connectivity index (χ4v) is 6.02. The minimum absolute atomic E-state index is 0.0212. The molecule has 0 heterocycles. The van der Waals surface area contributed by atoms with Gasteiger partial charge in [-0.3, -0.25) is 9.10 Å². The molecule has 0 aromatic heterocycles. The Morgan fingerprint density at radius 1 is 0.816 bits per heavy atom. The van der Waals surface area contributed by atoms with Crippen LogP contribution in [0.2, 0.25) is 0 Å². The molecule has 4 aromatic rings. The van der Waals surface area contributed by atoms with E-state index in [1.54, 1.807) is 42.1 Å². The summed E-state index contributed by atoms with van der Waals surface area (Å²) in [7, 11) is -1.20. The fraction of sp³-hybridized carbons (Fsp3) is 0.138. The smallest absolute Gasteiger partial charge is 0.264 e. The van der Waals surface area contributed by atoms with Crippen LogP contribution in [-0.2, 0) is 20.6 Å². The van der Waals surface area contributed by atoms with Crippen LogP contribution in [0.5, 0.6) is 11.5 Å². The van der Waals surface area contributed by atoms with Crippen LogP contribution in [0.4, 0.5) is 11.4 Å². The molecule has 1 amide bonds. The van der Waals surface area contributed by atoms with Crippen LogP contribution in [0.1, 0.15) is 5.56 Å². The lowest BCUT2D eigenvalue weighted by Crippen LogP contribution is -2.38. The lowest BCUT2D eigenvalue weighted by atomic mass is 10.2. The molecule has 1 N–H and O–H groups in total. The number of nitrogens with one attached hydrogen (secondary N) is 1. The van der Waals surface area contributed by atoms with Gasteiger partial charge in [-0.05, 0) is 54.1 Å². The van der Waals surface area contributed by atoms with Crippen LogP contribution in [0.25, 0.3) is 0 Å². The van der Waals surface area contributed by atoms with Crippen molar-refractivity contribution in [1.82, 2.24) is 0 Å². The highest BCUT2D eigenvalue weighted by atomic mass is 32.2. The number of nitrogens with zero attached hydrogens (tertiary/aromatic N) is 1. The highest BCUT2D eigenvalue weighted by Gasteiger charge is 2.28. The summed E-state index contributed by atoms with van der Waals surface area (Å²) in [6.45, 7) is -0.410. The summed E-state index contributed by atoms with van der Waals surface area (Å²) >= 11 is 1.73. The van der Waals surface area contributed by atoms with Gasteiger partial charge in [0.05, 0.1) is 24.8 Å². The third kappa shape index (κ3) is 6.67. The first-order chi connectivity index (χ1) is 18.4. The minimum Gasteiger partial charge on any atom is -0.493 e. The maximum Gasteiger partial charge on any atom is 0.264 e. The minimum atomic E-state index is -4.11. The van der Waals surface area contributed by atoms with Gasteiger partial charge in [-0.25, -0.2) is 8.42 Å². The maximum absolute atomic E-state index is 13.7. The zero-order chi connectivity index (χ0) is 27.0. The van der Waals surface area contributed by atoms with E-state index in [0.717, 1.165) is 15.6 Å². The Labute approximate surface area is 227 Å². The lowest BCUT2D eigenvalue weighted by Gasteiger charge is -2.24. The number of rotatable bonds is 11. The molecule has 0 bridgehead atoms. The predicted octanol–water partition coefficient (Wildman–Crippen LogP) is 5.83. The Kier molecular flexibility index (Phi) is 8.93. The molecule has 0 unspecified atom stereocenters. The van der Waals surface area contributed by atoms with E-state index in [0.29, 0.717) is 17.1 Å². The standard InChI is InChI=1S/C29H28N2O5S2/c1-35-27-18-17-26(19-28(27)36-2)38(33,34)31(24-9-5-3-6-10-24)20-29(32)30-23-15-13-22(14-16-23)21-37-25-11-7-4-8-12-25/h3-19H,20-21H2,1-2H3,(H,30,32). The van der Waals surface area contributed by atoms with Gasteiger partial charge in [0, 0.05) is 22.4 Å². The van der Waals surface area contributed by atoms with E-state index in [9.17, 15) is 13.2 Å². The first-order valence-electron chi connectivity index (χ1n) is 11.8. The van der Waals surface area contributed by atoms with Gasteiger partial charge < -0.3 is 14.8 Å². The van der Waals surface area contributed by atoms with E-state index in [-0.39, 0.29) is 10.6 Å². The lowest BCUT2D eigenvalue weighted by molar-refractivity contribution is -0.114. The van der Waals surface area contributed by atoms with Gasteiger partial charge in [0.1, 0.15) is 6.54 Å². The summed E-state index contributed by atoms with van der Waals surface area (Å²) in [4.78, 5) is 14.2. The fourth-order valence-electron chi connectivity index (χ4n) is 3.71. The van der Waals surface area contributed by atoms with Crippen molar-refractivity contribution in [3.8, 4) is 11.5 Å². The normalized spacial score (nSPS) is 11.0. The molecule has 0 saturated carbocycles. The number of anilines is 2. The molecule has 0 spiro atoms. The number of carbonyl (C=O) groups is 1. The molecule has 0 atom stereocenters. The van der Waals surface area contributed by atoms with E-state index in [4.69, 9.17) is 9.47 Å². The number of amides is 1. The van der Waals surface area contributed by atoms with E-state index < -0.39 is 22.5 Å². The number of ether oxygens (including phenoxy) is 2. The topological polar surface area (TPSA) is 84.9 Å². The summed E-state index contributed by atoms with van der Waals surface area (Å²) in [5, 5.41) is 2.81. The number of thioether (sulfide) groups is 1. The number of benzene rings is 4. The third-order valence-electron chi connectivity index (χ3n) is 5.66. The summed E-state index contributed by atoms with van der Waals surface area (Å²) in [6, 6.07) is 30.5. The molecule has 4 rings (SSSR count). The molecule has 0 radical (unpaired) electrons. The Balaban J connectivity index is 1.50. The second kappa shape index (κ2) is 12.5. The molecule has 0 aliphatic carbocycles. The van der Waals surface area contributed by atoms with Crippen molar-refractivity contribution in [1.29, 1.82) is 0 Å². The van der Waals surface area contributed by atoms with Gasteiger partial charge >= 0.3 is 0 Å². The van der Waals surface area contributed by atoms with E-state index >= 15 is 0 Å². The summed E-state index contributed by atoms with van der Waals surface area (Å²) in [6.07, 6.45) is 0. The highest BCUT2D eigenvalue weighted by Crippen LogP contribution is 2.32. The number of methoxy groups -OCH3 is 2. The number of para-hydroxylation sites is 1. The molecule has 0 saturated heterocycles. The molecule has 7 nitrogen and oxygen atoms in total. The highest BCUT2D eigenvalue weighted by molar-refractivity contribution is 7.98. The number of hydrogen-bond acceptors (Lipinski definition) is 6. The average molecular weight is 549 g/mol. The monoisotopic (exact) mass is 548 g/mol. The van der Waals surface area contributed by atoms with Gasteiger partial charge in [0.25, 0.3) is 10.0 Å². The van der Waals surface area contributed by atoms with Crippen molar-refractivity contribution < 1.29 is 22.7 Å². The molecule has 9 heteroatoms. The van der Waals surface area contributed by atoms with Crippen LogP contribution in [0.3, 0.4) is 0 Å². The van der Waals surface area contributed by atoms with Gasteiger partial charge in [0.2, 0.25) is 5.91 Å². The average Bonchev–Trinajstić information content (AvgIpc) is 2.96. The zero-order valence-electron chi connectivity index (χ0n) is 21.0. The Hall–Kier alpha value is -3.95. The first-order valence-corrected chi connectivity index (χ1v) is 14.2.